The Labute approximate surface area is 190 Å². The minimum atomic E-state index is -0.198. The number of amides is 2. The first-order valence-corrected chi connectivity index (χ1v) is 11.4. The lowest BCUT2D eigenvalue weighted by atomic mass is 10.0. The molecule has 6 heteroatoms. The number of aryl methyl sites for hydroxylation is 1. The number of carbonyl (C=O) groups is 2. The number of para-hydroxylation sites is 1. The quantitative estimate of drug-likeness (QED) is 0.472. The zero-order valence-electron chi connectivity index (χ0n) is 18.9. The summed E-state index contributed by atoms with van der Waals surface area (Å²) >= 11 is 0. The average molecular weight is 434 g/mol. The first kappa shape index (κ1) is 22.1. The van der Waals surface area contributed by atoms with Gasteiger partial charge in [0.15, 0.2) is 0 Å². The van der Waals surface area contributed by atoms with Crippen LogP contribution in [0, 0.1) is 6.92 Å². The van der Waals surface area contributed by atoms with Gasteiger partial charge in [0.25, 0.3) is 11.8 Å². The van der Waals surface area contributed by atoms with E-state index >= 15 is 0 Å². The first-order valence-electron chi connectivity index (χ1n) is 11.4. The molecule has 1 saturated heterocycles. The van der Waals surface area contributed by atoms with Crippen molar-refractivity contribution in [1.29, 1.82) is 0 Å². The zero-order chi connectivity index (χ0) is 22.5. The summed E-state index contributed by atoms with van der Waals surface area (Å²) in [5.74, 6) is -0.383. The van der Waals surface area contributed by atoms with Gasteiger partial charge < -0.3 is 14.5 Å². The van der Waals surface area contributed by atoms with Gasteiger partial charge >= 0.3 is 0 Å². The Hall–Kier alpha value is -3.12. The van der Waals surface area contributed by atoms with E-state index in [1.54, 1.807) is 0 Å². The molecule has 2 amide bonds. The van der Waals surface area contributed by atoms with Crippen LogP contribution in [-0.4, -0.2) is 67.6 Å². The zero-order valence-corrected chi connectivity index (χ0v) is 18.9. The Bertz CT molecular complexity index is 977. The second kappa shape index (κ2) is 10.0. The van der Waals surface area contributed by atoms with Crippen LogP contribution in [0.4, 0.5) is 5.69 Å². The lowest BCUT2D eigenvalue weighted by Gasteiger charge is -2.37. The normalized spacial score (nSPS) is 17.0. The Kier molecular flexibility index (Phi) is 6.90. The number of benzene rings is 2. The summed E-state index contributed by atoms with van der Waals surface area (Å²) in [5.41, 5.74) is 4.19. The minimum Gasteiger partial charge on any atom is -0.382 e. The van der Waals surface area contributed by atoms with Crippen molar-refractivity contribution in [1.82, 2.24) is 9.80 Å². The fourth-order valence-electron chi connectivity index (χ4n) is 4.34. The summed E-state index contributed by atoms with van der Waals surface area (Å²) in [4.78, 5) is 32.6. The highest BCUT2D eigenvalue weighted by molar-refractivity contribution is 6.35. The van der Waals surface area contributed by atoms with E-state index in [4.69, 9.17) is 4.74 Å². The van der Waals surface area contributed by atoms with Gasteiger partial charge in [-0.1, -0.05) is 48.0 Å². The average Bonchev–Trinajstić information content (AvgIpc) is 3.07. The third-order valence-electron chi connectivity index (χ3n) is 6.08. The van der Waals surface area contributed by atoms with Crippen LogP contribution in [0.3, 0.4) is 0 Å². The lowest BCUT2D eigenvalue weighted by Crippen LogP contribution is -2.47. The van der Waals surface area contributed by atoms with E-state index in [-0.39, 0.29) is 11.8 Å². The molecule has 2 aliphatic rings. The molecular weight excluding hydrogens is 402 g/mol. The molecule has 2 heterocycles. The third-order valence-corrected chi connectivity index (χ3v) is 6.08. The molecule has 2 aromatic rings. The molecule has 4 rings (SSSR count). The van der Waals surface area contributed by atoms with Crippen molar-refractivity contribution < 1.29 is 14.3 Å². The largest absolute Gasteiger partial charge is 0.382 e. The van der Waals surface area contributed by atoms with E-state index in [0.717, 1.165) is 24.2 Å². The molecule has 0 spiro atoms. The lowest BCUT2D eigenvalue weighted by molar-refractivity contribution is -0.137. The standard InChI is InChI=1S/C26H31N3O3/c1-3-32-19-7-14-29-25(30)23(21-12-10-20(2)11-13-21)24(26(29)31)28-17-15-27(16-18-28)22-8-5-4-6-9-22/h4-6,8-13H,3,7,14-19H2,1-2H3. The molecule has 0 atom stereocenters. The predicted molar refractivity (Wildman–Crippen MR) is 126 cm³/mol. The summed E-state index contributed by atoms with van der Waals surface area (Å²) < 4.78 is 5.41. The Balaban J connectivity index is 1.57. The maximum absolute atomic E-state index is 13.4. The Morgan fingerprint density at radius 2 is 1.50 bits per heavy atom. The van der Waals surface area contributed by atoms with Crippen LogP contribution in [0.5, 0.6) is 0 Å². The molecule has 2 aliphatic heterocycles. The summed E-state index contributed by atoms with van der Waals surface area (Å²) in [6.45, 7) is 8.52. The highest BCUT2D eigenvalue weighted by atomic mass is 16.5. The summed E-state index contributed by atoms with van der Waals surface area (Å²) in [5, 5.41) is 0. The van der Waals surface area contributed by atoms with Gasteiger partial charge in [-0.3, -0.25) is 14.5 Å². The van der Waals surface area contributed by atoms with E-state index in [0.29, 0.717) is 50.5 Å². The Morgan fingerprint density at radius 1 is 0.844 bits per heavy atom. The second-order valence-electron chi connectivity index (χ2n) is 8.21. The highest BCUT2D eigenvalue weighted by Gasteiger charge is 2.41. The molecule has 0 bridgehead atoms. The molecule has 2 aromatic carbocycles. The van der Waals surface area contributed by atoms with E-state index < -0.39 is 0 Å². The van der Waals surface area contributed by atoms with Crippen molar-refractivity contribution in [2.75, 3.05) is 50.8 Å². The van der Waals surface area contributed by atoms with E-state index in [1.165, 1.54) is 10.6 Å². The van der Waals surface area contributed by atoms with Crippen LogP contribution in [-0.2, 0) is 14.3 Å². The molecule has 0 N–H and O–H groups in total. The third kappa shape index (κ3) is 4.55. The van der Waals surface area contributed by atoms with Gasteiger partial charge in [-0.2, -0.15) is 0 Å². The fourth-order valence-corrected chi connectivity index (χ4v) is 4.34. The van der Waals surface area contributed by atoms with Crippen molar-refractivity contribution >= 4 is 23.1 Å². The van der Waals surface area contributed by atoms with E-state index in [9.17, 15) is 9.59 Å². The van der Waals surface area contributed by atoms with Gasteiger partial charge in [-0.05, 0) is 38.0 Å². The van der Waals surface area contributed by atoms with Gasteiger partial charge in [0.2, 0.25) is 0 Å². The molecule has 0 aliphatic carbocycles. The van der Waals surface area contributed by atoms with Crippen LogP contribution in [0.1, 0.15) is 24.5 Å². The number of hydrogen-bond donors (Lipinski definition) is 0. The molecule has 0 unspecified atom stereocenters. The van der Waals surface area contributed by atoms with Crippen LogP contribution in [0.25, 0.3) is 5.57 Å². The van der Waals surface area contributed by atoms with Crippen LogP contribution in [0.2, 0.25) is 0 Å². The topological polar surface area (TPSA) is 53.1 Å². The molecule has 0 radical (unpaired) electrons. The molecule has 0 aromatic heterocycles. The SMILES string of the molecule is CCOCCCN1C(=O)C(c2ccc(C)cc2)=C(N2CCN(c3ccccc3)CC2)C1=O. The van der Waals surface area contributed by atoms with Gasteiger partial charge in [0, 0.05) is 51.6 Å². The molecule has 0 saturated carbocycles. The van der Waals surface area contributed by atoms with Crippen LogP contribution >= 0.6 is 0 Å². The van der Waals surface area contributed by atoms with Gasteiger partial charge in [0.1, 0.15) is 5.70 Å². The van der Waals surface area contributed by atoms with Crippen molar-refractivity contribution in [3.05, 3.63) is 71.4 Å². The number of carbonyl (C=O) groups excluding carboxylic acids is 2. The molecule has 32 heavy (non-hydrogen) atoms. The number of nitrogens with zero attached hydrogens (tertiary/aromatic N) is 3. The summed E-state index contributed by atoms with van der Waals surface area (Å²) in [6, 6.07) is 18.2. The summed E-state index contributed by atoms with van der Waals surface area (Å²) in [7, 11) is 0. The number of hydrogen-bond acceptors (Lipinski definition) is 5. The Morgan fingerprint density at radius 3 is 2.16 bits per heavy atom. The maximum atomic E-state index is 13.4. The van der Waals surface area contributed by atoms with Gasteiger partial charge in [0.05, 0.1) is 5.57 Å². The second-order valence-corrected chi connectivity index (χ2v) is 8.21. The minimum absolute atomic E-state index is 0.185. The van der Waals surface area contributed by atoms with Crippen molar-refractivity contribution in [2.45, 2.75) is 20.3 Å². The fraction of sp³-hybridized carbons (Fsp3) is 0.385. The molecule has 168 valence electrons. The number of rotatable bonds is 8. The van der Waals surface area contributed by atoms with Gasteiger partial charge in [-0.25, -0.2) is 0 Å². The van der Waals surface area contributed by atoms with Crippen molar-refractivity contribution in [2.24, 2.45) is 0 Å². The predicted octanol–water partition coefficient (Wildman–Crippen LogP) is 3.32. The number of anilines is 1. The highest BCUT2D eigenvalue weighted by Crippen LogP contribution is 2.33. The molecule has 1 fully saturated rings. The first-order chi connectivity index (χ1) is 15.6. The molecular formula is C26H31N3O3. The number of ether oxygens (including phenoxy) is 1. The van der Waals surface area contributed by atoms with Crippen molar-refractivity contribution in [3.63, 3.8) is 0 Å². The monoisotopic (exact) mass is 433 g/mol. The smallest absolute Gasteiger partial charge is 0.277 e. The van der Waals surface area contributed by atoms with E-state index in [2.05, 4.69) is 21.9 Å². The van der Waals surface area contributed by atoms with Crippen LogP contribution in [0.15, 0.2) is 60.3 Å². The van der Waals surface area contributed by atoms with Crippen LogP contribution < -0.4 is 4.90 Å². The van der Waals surface area contributed by atoms with E-state index in [1.807, 2.05) is 56.3 Å². The summed E-state index contributed by atoms with van der Waals surface area (Å²) in [6.07, 6.45) is 0.640. The number of piperazine rings is 1. The number of imide groups is 1. The van der Waals surface area contributed by atoms with Crippen molar-refractivity contribution in [3.8, 4) is 0 Å². The maximum Gasteiger partial charge on any atom is 0.277 e. The van der Waals surface area contributed by atoms with Gasteiger partial charge in [-0.15, -0.1) is 0 Å². The molecule has 6 nitrogen and oxygen atoms in total.